The van der Waals surface area contributed by atoms with Crippen LogP contribution in [0.15, 0.2) is 6.33 Å². The van der Waals surface area contributed by atoms with Gasteiger partial charge in [0.15, 0.2) is 0 Å². The Morgan fingerprint density at radius 3 is 2.63 bits per heavy atom. The molecule has 0 amide bonds. The zero-order chi connectivity index (χ0) is 21.3. The normalized spacial score (nSPS) is 27.5. The second-order valence-electron chi connectivity index (χ2n) is 9.95. The van der Waals surface area contributed by atoms with Crippen molar-refractivity contribution in [2.45, 2.75) is 103 Å². The van der Waals surface area contributed by atoms with Crippen molar-refractivity contribution in [2.24, 2.45) is 5.92 Å². The van der Waals surface area contributed by atoms with Crippen molar-refractivity contribution in [2.75, 3.05) is 14.1 Å². The minimum absolute atomic E-state index is 0.275. The van der Waals surface area contributed by atoms with Gasteiger partial charge < -0.3 is 9.64 Å². The second-order valence-corrected chi connectivity index (χ2v) is 11.0. The van der Waals surface area contributed by atoms with Crippen molar-refractivity contribution < 1.29 is 4.74 Å². The van der Waals surface area contributed by atoms with Gasteiger partial charge in [0.25, 0.3) is 0 Å². The predicted molar refractivity (Wildman–Crippen MR) is 127 cm³/mol. The van der Waals surface area contributed by atoms with E-state index in [-0.39, 0.29) is 6.10 Å². The predicted octanol–water partition coefficient (Wildman–Crippen LogP) is 6.58. The first kappa shape index (κ1) is 22.0. The number of nitrogens with zero attached hydrogens (tertiary/aromatic N) is 3. The van der Waals surface area contributed by atoms with E-state index in [4.69, 9.17) is 4.74 Å². The third kappa shape index (κ3) is 4.12. The molecule has 0 radical (unpaired) electrons. The SMILES string of the molecule is CCC[C@H](C)C[C@H]1CCc2sc3ncnc(O[C@H]4CC[C@](CC)(N(C)C)CC4)c3c21. The number of hydrogen-bond acceptors (Lipinski definition) is 5. The molecule has 2 aliphatic carbocycles. The van der Waals surface area contributed by atoms with Crippen LogP contribution in [-0.2, 0) is 6.42 Å². The summed E-state index contributed by atoms with van der Waals surface area (Å²) in [4.78, 5) is 14.4. The lowest BCUT2D eigenvalue weighted by Crippen LogP contribution is -2.48. The highest BCUT2D eigenvalue weighted by atomic mass is 32.1. The van der Waals surface area contributed by atoms with E-state index in [1.807, 2.05) is 11.3 Å². The van der Waals surface area contributed by atoms with Gasteiger partial charge in [-0.05, 0) is 82.9 Å². The molecule has 2 heterocycles. The Morgan fingerprint density at radius 1 is 1.20 bits per heavy atom. The number of ether oxygens (including phenoxy) is 1. The standard InChI is InChI=1S/C25H39N3OS/c1-6-8-17(3)15-18-9-10-20-21(18)22-23(26-16-27-24(22)30-20)29-19-11-13-25(7-2,14-12-19)28(4)5/h16-19H,6-15H2,1-5H3/t17-,18+,19-,25-/m0/s1. The lowest BCUT2D eigenvalue weighted by atomic mass is 9.77. The topological polar surface area (TPSA) is 38.3 Å². The molecule has 0 aromatic carbocycles. The Kier molecular flexibility index (Phi) is 6.69. The molecular weight excluding hydrogens is 390 g/mol. The van der Waals surface area contributed by atoms with E-state index in [9.17, 15) is 0 Å². The van der Waals surface area contributed by atoms with Gasteiger partial charge in [0.1, 0.15) is 17.3 Å². The van der Waals surface area contributed by atoms with Crippen LogP contribution in [0.3, 0.4) is 0 Å². The summed E-state index contributed by atoms with van der Waals surface area (Å²) in [6.07, 6.45) is 14.2. The molecule has 2 aliphatic rings. The summed E-state index contributed by atoms with van der Waals surface area (Å²) < 4.78 is 6.61. The van der Waals surface area contributed by atoms with Crippen LogP contribution < -0.4 is 4.74 Å². The Bertz CT molecular complexity index is 853. The highest BCUT2D eigenvalue weighted by Crippen LogP contribution is 2.48. The molecule has 5 heteroatoms. The molecule has 0 unspecified atom stereocenters. The first-order valence-electron chi connectivity index (χ1n) is 12.1. The third-order valence-corrected chi connectivity index (χ3v) is 9.09. The molecule has 0 aliphatic heterocycles. The van der Waals surface area contributed by atoms with Crippen molar-refractivity contribution in [1.82, 2.24) is 14.9 Å². The summed E-state index contributed by atoms with van der Waals surface area (Å²) in [5, 5.41) is 1.24. The Balaban J connectivity index is 1.55. The van der Waals surface area contributed by atoms with Crippen LogP contribution in [-0.4, -0.2) is 40.6 Å². The van der Waals surface area contributed by atoms with Gasteiger partial charge in [-0.3, -0.25) is 0 Å². The molecular formula is C25H39N3OS. The van der Waals surface area contributed by atoms with Crippen molar-refractivity contribution >= 4 is 21.6 Å². The number of hydrogen-bond donors (Lipinski definition) is 0. The van der Waals surface area contributed by atoms with Crippen LogP contribution in [0.4, 0.5) is 0 Å². The summed E-state index contributed by atoms with van der Waals surface area (Å²) in [5.74, 6) is 2.28. The second kappa shape index (κ2) is 9.12. The van der Waals surface area contributed by atoms with Gasteiger partial charge in [0.2, 0.25) is 5.88 Å². The average molecular weight is 430 g/mol. The fraction of sp³-hybridized carbons (Fsp3) is 0.760. The number of fused-ring (bicyclic) bond motifs is 3. The van der Waals surface area contributed by atoms with E-state index < -0.39 is 0 Å². The van der Waals surface area contributed by atoms with E-state index in [1.165, 1.54) is 67.2 Å². The first-order valence-corrected chi connectivity index (χ1v) is 12.9. The fourth-order valence-corrected chi connectivity index (χ4v) is 7.21. The monoisotopic (exact) mass is 429 g/mol. The lowest BCUT2D eigenvalue weighted by molar-refractivity contribution is 0.0402. The number of rotatable bonds is 8. The molecule has 4 rings (SSSR count). The maximum absolute atomic E-state index is 6.61. The van der Waals surface area contributed by atoms with Crippen molar-refractivity contribution in [3.63, 3.8) is 0 Å². The van der Waals surface area contributed by atoms with Crippen LogP contribution in [0.2, 0.25) is 0 Å². The Hall–Kier alpha value is -1.20. The molecule has 1 fully saturated rings. The number of thiophene rings is 1. The summed E-state index contributed by atoms with van der Waals surface area (Å²) in [5.41, 5.74) is 1.87. The number of aromatic nitrogens is 2. The van der Waals surface area contributed by atoms with Crippen LogP contribution in [0, 0.1) is 5.92 Å². The van der Waals surface area contributed by atoms with Gasteiger partial charge in [-0.25, -0.2) is 9.97 Å². The zero-order valence-electron chi connectivity index (χ0n) is 19.5. The molecule has 2 atom stereocenters. The molecule has 0 N–H and O–H groups in total. The largest absolute Gasteiger partial charge is 0.474 e. The van der Waals surface area contributed by atoms with Crippen LogP contribution in [0.25, 0.3) is 10.2 Å². The van der Waals surface area contributed by atoms with E-state index in [2.05, 4.69) is 49.7 Å². The Morgan fingerprint density at radius 2 is 1.97 bits per heavy atom. The van der Waals surface area contributed by atoms with Crippen molar-refractivity contribution in [3.05, 3.63) is 16.8 Å². The Labute approximate surface area is 186 Å². The maximum atomic E-state index is 6.61. The molecule has 0 saturated heterocycles. The van der Waals surface area contributed by atoms with Gasteiger partial charge >= 0.3 is 0 Å². The highest BCUT2D eigenvalue weighted by molar-refractivity contribution is 7.19. The molecule has 0 spiro atoms. The molecule has 2 aromatic rings. The van der Waals surface area contributed by atoms with Gasteiger partial charge in [0, 0.05) is 10.4 Å². The summed E-state index contributed by atoms with van der Waals surface area (Å²) >= 11 is 1.88. The van der Waals surface area contributed by atoms with E-state index in [0.717, 1.165) is 29.5 Å². The van der Waals surface area contributed by atoms with E-state index >= 15 is 0 Å². The number of aryl methyl sites for hydroxylation is 1. The molecule has 166 valence electrons. The summed E-state index contributed by atoms with van der Waals surface area (Å²) in [7, 11) is 4.46. The van der Waals surface area contributed by atoms with Crippen LogP contribution in [0.5, 0.6) is 5.88 Å². The van der Waals surface area contributed by atoms with Gasteiger partial charge in [-0.1, -0.05) is 33.6 Å². The quantitative estimate of drug-likeness (QED) is 0.475. The van der Waals surface area contributed by atoms with Crippen molar-refractivity contribution in [3.8, 4) is 5.88 Å². The molecule has 1 saturated carbocycles. The highest BCUT2D eigenvalue weighted by Gasteiger charge is 2.37. The molecule has 4 nitrogen and oxygen atoms in total. The smallest absolute Gasteiger partial charge is 0.225 e. The minimum atomic E-state index is 0.275. The van der Waals surface area contributed by atoms with Crippen LogP contribution in [0.1, 0.15) is 94.9 Å². The zero-order valence-corrected chi connectivity index (χ0v) is 20.4. The molecule has 30 heavy (non-hydrogen) atoms. The maximum Gasteiger partial charge on any atom is 0.225 e. The molecule has 2 aromatic heterocycles. The third-order valence-electron chi connectivity index (χ3n) is 7.91. The summed E-state index contributed by atoms with van der Waals surface area (Å²) in [6, 6.07) is 0. The van der Waals surface area contributed by atoms with E-state index in [0.29, 0.717) is 11.5 Å². The van der Waals surface area contributed by atoms with Gasteiger partial charge in [-0.2, -0.15) is 0 Å². The summed E-state index contributed by atoms with van der Waals surface area (Å²) in [6.45, 7) is 7.03. The molecule has 0 bridgehead atoms. The van der Waals surface area contributed by atoms with E-state index in [1.54, 1.807) is 6.33 Å². The van der Waals surface area contributed by atoms with Crippen LogP contribution >= 0.6 is 11.3 Å². The first-order chi connectivity index (χ1) is 14.5. The fourth-order valence-electron chi connectivity index (χ4n) is 5.98. The van der Waals surface area contributed by atoms with Crippen molar-refractivity contribution in [1.29, 1.82) is 0 Å². The lowest BCUT2D eigenvalue weighted by Gasteiger charge is -2.44. The van der Waals surface area contributed by atoms with Gasteiger partial charge in [-0.15, -0.1) is 11.3 Å². The average Bonchev–Trinajstić information content (AvgIpc) is 3.29. The van der Waals surface area contributed by atoms with Gasteiger partial charge in [0.05, 0.1) is 5.39 Å². The minimum Gasteiger partial charge on any atom is -0.474 e.